The molecule has 7 nitrogen and oxygen atoms in total. The van der Waals surface area contributed by atoms with Crippen molar-refractivity contribution in [1.82, 2.24) is 14.8 Å². The molecule has 0 N–H and O–H groups in total. The maximum Gasteiger partial charge on any atom is 0.269 e. The van der Waals surface area contributed by atoms with Crippen LogP contribution in [0, 0.1) is 10.1 Å². The third-order valence-corrected chi connectivity index (χ3v) is 5.61. The molecule has 0 radical (unpaired) electrons. The molecular weight excluding hydrogens is 388 g/mol. The van der Waals surface area contributed by atoms with E-state index >= 15 is 0 Å². The van der Waals surface area contributed by atoms with Gasteiger partial charge in [0.15, 0.2) is 10.9 Å². The van der Waals surface area contributed by atoms with Gasteiger partial charge in [-0.1, -0.05) is 54.2 Å². The zero-order chi connectivity index (χ0) is 20.2. The maximum absolute atomic E-state index is 11.1. The summed E-state index contributed by atoms with van der Waals surface area (Å²) in [5, 5.41) is 20.5. The fraction of sp³-hybridized carbons (Fsp3) is 0.143. The van der Waals surface area contributed by atoms with Crippen molar-refractivity contribution < 1.29 is 9.34 Å². The first kappa shape index (κ1) is 18.9. The Bertz CT molecular complexity index is 1110. The molecular formula is C21H18N4O3S. The molecule has 0 saturated carbocycles. The van der Waals surface area contributed by atoms with E-state index in [-0.39, 0.29) is 15.9 Å². The number of furan rings is 1. The molecule has 4 rings (SSSR count). The van der Waals surface area contributed by atoms with Gasteiger partial charge in [-0.3, -0.25) is 14.7 Å². The number of nitro groups is 1. The molecule has 4 aromatic rings. The maximum atomic E-state index is 11.1. The van der Waals surface area contributed by atoms with Crippen LogP contribution in [-0.2, 0) is 6.54 Å². The van der Waals surface area contributed by atoms with Crippen molar-refractivity contribution in [2.45, 2.75) is 23.9 Å². The predicted octanol–water partition coefficient (Wildman–Crippen LogP) is 5.35. The Kier molecular flexibility index (Phi) is 5.44. The van der Waals surface area contributed by atoms with Gasteiger partial charge in [-0.25, -0.2) is 0 Å². The van der Waals surface area contributed by atoms with Crippen LogP contribution in [-0.4, -0.2) is 19.7 Å². The molecule has 29 heavy (non-hydrogen) atoms. The van der Waals surface area contributed by atoms with E-state index in [1.165, 1.54) is 17.8 Å². The summed E-state index contributed by atoms with van der Waals surface area (Å²) in [6, 6.07) is 20.4. The van der Waals surface area contributed by atoms with Crippen molar-refractivity contribution in [3.05, 3.63) is 94.2 Å². The normalized spacial score (nSPS) is 12.0. The number of hydrogen-bond acceptors (Lipinski definition) is 6. The number of thioether (sulfide) groups is 1. The smallest absolute Gasteiger partial charge is 0.269 e. The molecule has 1 atom stereocenters. The average Bonchev–Trinajstić information content (AvgIpc) is 3.39. The van der Waals surface area contributed by atoms with Crippen LogP contribution in [0.1, 0.15) is 23.3 Å². The third kappa shape index (κ3) is 4.22. The van der Waals surface area contributed by atoms with E-state index in [1.807, 2.05) is 60.0 Å². The SMILES string of the molecule is C[C@H](Sc1nnc(-c2ccco2)n1Cc1ccccc1)c1cccc([N+](=O)[O-])c1. The molecule has 0 spiro atoms. The van der Waals surface area contributed by atoms with Gasteiger partial charge in [-0.15, -0.1) is 10.2 Å². The zero-order valence-corrected chi connectivity index (χ0v) is 16.5. The summed E-state index contributed by atoms with van der Waals surface area (Å²) >= 11 is 1.51. The minimum atomic E-state index is -0.381. The Balaban J connectivity index is 1.66. The van der Waals surface area contributed by atoms with Crippen LogP contribution in [0.15, 0.2) is 82.6 Å². The van der Waals surface area contributed by atoms with Crippen molar-refractivity contribution in [3.63, 3.8) is 0 Å². The Morgan fingerprint density at radius 2 is 1.93 bits per heavy atom. The number of non-ortho nitro benzene ring substituents is 1. The molecule has 0 aliphatic carbocycles. The minimum absolute atomic E-state index is 0.0434. The summed E-state index contributed by atoms with van der Waals surface area (Å²) in [4.78, 5) is 10.7. The highest BCUT2D eigenvalue weighted by Gasteiger charge is 2.20. The molecule has 8 heteroatoms. The van der Waals surface area contributed by atoms with E-state index in [1.54, 1.807) is 18.4 Å². The van der Waals surface area contributed by atoms with Gasteiger partial charge in [0.1, 0.15) is 0 Å². The highest BCUT2D eigenvalue weighted by atomic mass is 32.2. The van der Waals surface area contributed by atoms with Crippen LogP contribution >= 0.6 is 11.8 Å². The first-order valence-electron chi connectivity index (χ1n) is 9.04. The van der Waals surface area contributed by atoms with Gasteiger partial charge in [-0.2, -0.15) is 0 Å². The molecule has 0 unspecified atom stereocenters. The van der Waals surface area contributed by atoms with Crippen LogP contribution in [0.2, 0.25) is 0 Å². The van der Waals surface area contributed by atoms with E-state index < -0.39 is 0 Å². The number of aromatic nitrogens is 3. The van der Waals surface area contributed by atoms with Crippen molar-refractivity contribution in [2.24, 2.45) is 0 Å². The molecule has 0 aliphatic heterocycles. The van der Waals surface area contributed by atoms with Gasteiger partial charge in [0.2, 0.25) is 5.82 Å². The summed E-state index contributed by atoms with van der Waals surface area (Å²) in [6.07, 6.45) is 1.61. The van der Waals surface area contributed by atoms with Crippen LogP contribution < -0.4 is 0 Å². The predicted molar refractivity (Wildman–Crippen MR) is 111 cm³/mol. The summed E-state index contributed by atoms with van der Waals surface area (Å²) in [7, 11) is 0. The van der Waals surface area contributed by atoms with E-state index in [4.69, 9.17) is 4.42 Å². The van der Waals surface area contributed by atoms with Gasteiger partial charge < -0.3 is 4.42 Å². The molecule has 0 amide bonds. The highest BCUT2D eigenvalue weighted by molar-refractivity contribution is 7.99. The Morgan fingerprint density at radius 1 is 1.10 bits per heavy atom. The fourth-order valence-corrected chi connectivity index (χ4v) is 3.96. The molecule has 2 heterocycles. The van der Waals surface area contributed by atoms with Crippen molar-refractivity contribution in [1.29, 1.82) is 0 Å². The monoisotopic (exact) mass is 406 g/mol. The lowest BCUT2D eigenvalue weighted by Crippen LogP contribution is -2.04. The average molecular weight is 406 g/mol. The quantitative estimate of drug-likeness (QED) is 0.234. The van der Waals surface area contributed by atoms with Gasteiger partial charge in [-0.05, 0) is 30.2 Å². The van der Waals surface area contributed by atoms with Crippen LogP contribution in [0.3, 0.4) is 0 Å². The highest BCUT2D eigenvalue weighted by Crippen LogP contribution is 2.36. The second-order valence-electron chi connectivity index (χ2n) is 6.47. The first-order chi connectivity index (χ1) is 14.1. The standard InChI is InChI=1S/C21H18N4O3S/c1-15(17-9-5-10-18(13-17)25(26)27)29-21-23-22-20(19-11-6-12-28-19)24(21)14-16-7-3-2-4-8-16/h2-13,15H,14H2,1H3/t15-/m0/s1. The molecule has 0 fully saturated rings. The summed E-state index contributed by atoms with van der Waals surface area (Å²) < 4.78 is 7.54. The lowest BCUT2D eigenvalue weighted by molar-refractivity contribution is -0.384. The topological polar surface area (TPSA) is 87.0 Å². The Hall–Kier alpha value is -3.39. The molecule has 2 aromatic carbocycles. The molecule has 146 valence electrons. The number of rotatable bonds is 7. The van der Waals surface area contributed by atoms with E-state index in [9.17, 15) is 10.1 Å². The first-order valence-corrected chi connectivity index (χ1v) is 9.92. The molecule has 0 aliphatic rings. The lowest BCUT2D eigenvalue weighted by atomic mass is 10.1. The summed E-state index contributed by atoms with van der Waals surface area (Å²) in [5.74, 6) is 1.29. The number of hydrogen-bond donors (Lipinski definition) is 0. The second kappa shape index (κ2) is 8.32. The van der Waals surface area contributed by atoms with Gasteiger partial charge >= 0.3 is 0 Å². The van der Waals surface area contributed by atoms with Crippen molar-refractivity contribution >= 4 is 17.4 Å². The molecule has 0 saturated heterocycles. The van der Waals surface area contributed by atoms with E-state index in [0.29, 0.717) is 18.1 Å². The largest absolute Gasteiger partial charge is 0.461 e. The molecule has 2 aromatic heterocycles. The van der Waals surface area contributed by atoms with E-state index in [2.05, 4.69) is 10.2 Å². The van der Waals surface area contributed by atoms with Gasteiger partial charge in [0, 0.05) is 17.4 Å². The second-order valence-corrected chi connectivity index (χ2v) is 7.78. The van der Waals surface area contributed by atoms with Crippen molar-refractivity contribution in [2.75, 3.05) is 0 Å². The fourth-order valence-electron chi connectivity index (χ4n) is 2.99. The number of benzene rings is 2. The van der Waals surface area contributed by atoms with Gasteiger partial charge in [0.05, 0.1) is 17.7 Å². The summed E-state index contributed by atoms with van der Waals surface area (Å²) in [5.41, 5.74) is 2.06. The van der Waals surface area contributed by atoms with Crippen LogP contribution in [0.4, 0.5) is 5.69 Å². The molecule has 0 bridgehead atoms. The third-order valence-electron chi connectivity index (χ3n) is 4.47. The van der Waals surface area contributed by atoms with Crippen molar-refractivity contribution in [3.8, 4) is 11.6 Å². The number of nitro benzene ring substituents is 1. The Labute approximate surface area is 171 Å². The summed E-state index contributed by atoms with van der Waals surface area (Å²) in [6.45, 7) is 2.59. The van der Waals surface area contributed by atoms with Crippen LogP contribution in [0.25, 0.3) is 11.6 Å². The number of nitrogens with zero attached hydrogens (tertiary/aromatic N) is 4. The zero-order valence-electron chi connectivity index (χ0n) is 15.6. The van der Waals surface area contributed by atoms with E-state index in [0.717, 1.165) is 16.3 Å². The van der Waals surface area contributed by atoms with Gasteiger partial charge in [0.25, 0.3) is 5.69 Å². The van der Waals surface area contributed by atoms with Crippen LogP contribution in [0.5, 0.6) is 0 Å². The Morgan fingerprint density at radius 3 is 2.66 bits per heavy atom. The minimum Gasteiger partial charge on any atom is -0.461 e. The lowest BCUT2D eigenvalue weighted by Gasteiger charge is -2.13.